The van der Waals surface area contributed by atoms with Crippen LogP contribution in [0.25, 0.3) is 0 Å². The Bertz CT molecular complexity index is 496. The molecule has 1 aliphatic heterocycles. The van der Waals surface area contributed by atoms with Crippen LogP contribution in [0.1, 0.15) is 5.56 Å². The lowest BCUT2D eigenvalue weighted by molar-refractivity contribution is -0.122. The van der Waals surface area contributed by atoms with Crippen molar-refractivity contribution in [3.63, 3.8) is 0 Å². The molecular weight excluding hydrogens is 286 g/mol. The fraction of sp³-hybridized carbons (Fsp3) is 0.385. The zero-order chi connectivity index (χ0) is 14.5. The number of rotatable bonds is 5. The number of alkyl halides is 2. The van der Waals surface area contributed by atoms with Crippen LogP contribution in [0.2, 0.25) is 0 Å². The van der Waals surface area contributed by atoms with E-state index in [1.807, 2.05) is 30.3 Å². The summed E-state index contributed by atoms with van der Waals surface area (Å²) in [6, 6.07) is 8.84. The van der Waals surface area contributed by atoms with Crippen molar-refractivity contribution in [3.05, 3.63) is 35.9 Å². The molecule has 0 aliphatic carbocycles. The van der Waals surface area contributed by atoms with E-state index in [0.29, 0.717) is 5.75 Å². The van der Waals surface area contributed by atoms with Crippen LogP contribution in [0, 0.1) is 0 Å². The van der Waals surface area contributed by atoms with Crippen molar-refractivity contribution in [3.8, 4) is 0 Å². The monoisotopic (exact) mass is 300 g/mol. The third-order valence-corrected chi connectivity index (χ3v) is 3.85. The van der Waals surface area contributed by atoms with Crippen LogP contribution in [0.15, 0.2) is 35.3 Å². The van der Waals surface area contributed by atoms with Crippen LogP contribution in [-0.4, -0.2) is 46.9 Å². The molecule has 1 aromatic carbocycles. The minimum absolute atomic E-state index is 0.442. The van der Waals surface area contributed by atoms with Gasteiger partial charge in [0.1, 0.15) is 12.1 Å². The molecule has 2 unspecified atom stereocenters. The first kappa shape index (κ1) is 14.9. The highest BCUT2D eigenvalue weighted by molar-refractivity contribution is 8.14. The second-order valence-corrected chi connectivity index (χ2v) is 5.28. The SMILES string of the molecule is O=C(NCC(O)C(F)F)C1CSC(c2ccccc2)=N1. The summed E-state index contributed by atoms with van der Waals surface area (Å²) in [5.41, 5.74) is 0.931. The lowest BCUT2D eigenvalue weighted by atomic mass is 10.2. The number of nitrogens with one attached hydrogen (secondary N) is 1. The van der Waals surface area contributed by atoms with Crippen LogP contribution < -0.4 is 5.32 Å². The van der Waals surface area contributed by atoms with Gasteiger partial charge in [-0.05, 0) is 0 Å². The van der Waals surface area contributed by atoms with Crippen molar-refractivity contribution in [1.29, 1.82) is 0 Å². The Morgan fingerprint density at radius 3 is 2.80 bits per heavy atom. The lowest BCUT2D eigenvalue weighted by Gasteiger charge is -2.12. The highest BCUT2D eigenvalue weighted by Gasteiger charge is 2.26. The molecule has 0 saturated heterocycles. The number of carbonyl (C=O) groups excluding carboxylic acids is 1. The molecule has 2 atom stereocenters. The molecule has 1 amide bonds. The Balaban J connectivity index is 1.91. The number of aliphatic imine (C=N–C) groups is 1. The van der Waals surface area contributed by atoms with Gasteiger partial charge in [-0.3, -0.25) is 9.79 Å². The number of benzene rings is 1. The van der Waals surface area contributed by atoms with Crippen molar-refractivity contribution in [2.24, 2.45) is 4.99 Å². The Morgan fingerprint density at radius 2 is 2.15 bits per heavy atom. The Morgan fingerprint density at radius 1 is 1.45 bits per heavy atom. The van der Waals surface area contributed by atoms with E-state index in [1.165, 1.54) is 11.8 Å². The third-order valence-electron chi connectivity index (χ3n) is 2.75. The quantitative estimate of drug-likeness (QED) is 0.861. The standard InChI is InChI=1S/C13H14F2N2O2S/c14-11(15)10(18)6-16-12(19)9-7-20-13(17-9)8-4-2-1-3-5-8/h1-5,9-11,18H,6-7H2,(H,16,19). The van der Waals surface area contributed by atoms with Gasteiger partial charge in [0.05, 0.1) is 5.04 Å². The van der Waals surface area contributed by atoms with E-state index in [9.17, 15) is 13.6 Å². The highest BCUT2D eigenvalue weighted by Crippen LogP contribution is 2.23. The number of halogens is 2. The molecule has 2 rings (SSSR count). The van der Waals surface area contributed by atoms with Gasteiger partial charge in [0.15, 0.2) is 0 Å². The first-order valence-electron chi connectivity index (χ1n) is 6.08. The molecule has 0 radical (unpaired) electrons. The van der Waals surface area contributed by atoms with Crippen molar-refractivity contribution in [2.75, 3.05) is 12.3 Å². The summed E-state index contributed by atoms with van der Waals surface area (Å²) in [4.78, 5) is 16.0. The van der Waals surface area contributed by atoms with E-state index in [0.717, 1.165) is 10.6 Å². The Labute approximate surface area is 119 Å². The number of hydrogen-bond donors (Lipinski definition) is 2. The maximum atomic E-state index is 12.1. The molecule has 0 saturated carbocycles. The van der Waals surface area contributed by atoms with Crippen LogP contribution in [0.3, 0.4) is 0 Å². The second kappa shape index (κ2) is 6.81. The molecule has 7 heteroatoms. The van der Waals surface area contributed by atoms with Crippen molar-refractivity contribution in [1.82, 2.24) is 5.32 Å². The molecule has 2 N–H and O–H groups in total. The van der Waals surface area contributed by atoms with E-state index in [4.69, 9.17) is 5.11 Å². The van der Waals surface area contributed by atoms with Gasteiger partial charge in [0, 0.05) is 17.9 Å². The topological polar surface area (TPSA) is 61.7 Å². The van der Waals surface area contributed by atoms with Gasteiger partial charge in [-0.25, -0.2) is 8.78 Å². The second-order valence-electron chi connectivity index (χ2n) is 4.27. The number of hydrogen-bond acceptors (Lipinski definition) is 4. The van der Waals surface area contributed by atoms with Gasteiger partial charge < -0.3 is 10.4 Å². The zero-order valence-electron chi connectivity index (χ0n) is 10.5. The molecule has 0 bridgehead atoms. The fourth-order valence-electron chi connectivity index (χ4n) is 1.66. The summed E-state index contributed by atoms with van der Waals surface area (Å²) >= 11 is 1.45. The Kier molecular flexibility index (Phi) is 5.08. The van der Waals surface area contributed by atoms with E-state index in [-0.39, 0.29) is 0 Å². The van der Waals surface area contributed by atoms with Gasteiger partial charge in [-0.15, -0.1) is 11.8 Å². The van der Waals surface area contributed by atoms with Crippen LogP contribution in [0.4, 0.5) is 8.78 Å². The first-order valence-corrected chi connectivity index (χ1v) is 7.06. The average Bonchev–Trinajstić information content (AvgIpc) is 2.95. The van der Waals surface area contributed by atoms with Crippen LogP contribution in [0.5, 0.6) is 0 Å². The van der Waals surface area contributed by atoms with E-state index in [1.54, 1.807) is 0 Å². The zero-order valence-corrected chi connectivity index (χ0v) is 11.3. The van der Waals surface area contributed by atoms with Gasteiger partial charge in [0.25, 0.3) is 6.43 Å². The smallest absolute Gasteiger partial charge is 0.265 e. The maximum absolute atomic E-state index is 12.1. The molecule has 108 valence electrons. The summed E-state index contributed by atoms with van der Waals surface area (Å²) in [5.74, 6) is 0.0315. The summed E-state index contributed by atoms with van der Waals surface area (Å²) < 4.78 is 24.2. The first-order chi connectivity index (χ1) is 9.58. The molecule has 0 aromatic heterocycles. The van der Waals surface area contributed by atoms with Crippen molar-refractivity contribution in [2.45, 2.75) is 18.6 Å². The molecule has 1 aliphatic rings. The number of carbonyl (C=O) groups is 1. The molecule has 0 spiro atoms. The predicted molar refractivity (Wildman–Crippen MR) is 74.2 cm³/mol. The highest BCUT2D eigenvalue weighted by atomic mass is 32.2. The van der Waals surface area contributed by atoms with E-state index >= 15 is 0 Å². The molecule has 20 heavy (non-hydrogen) atoms. The van der Waals surface area contributed by atoms with Crippen LogP contribution in [-0.2, 0) is 4.79 Å². The minimum Gasteiger partial charge on any atom is -0.385 e. The molecule has 1 heterocycles. The van der Waals surface area contributed by atoms with E-state index < -0.39 is 31.0 Å². The van der Waals surface area contributed by atoms with Gasteiger partial charge >= 0.3 is 0 Å². The number of nitrogens with zero attached hydrogens (tertiary/aromatic N) is 1. The Hall–Kier alpha value is -1.47. The summed E-state index contributed by atoms with van der Waals surface area (Å²) in [5, 5.41) is 12.0. The van der Waals surface area contributed by atoms with Crippen LogP contribution >= 0.6 is 11.8 Å². The summed E-state index contributed by atoms with van der Waals surface area (Å²) in [7, 11) is 0. The normalized spacial score (nSPS) is 19.8. The lowest BCUT2D eigenvalue weighted by Crippen LogP contribution is -2.40. The minimum atomic E-state index is -2.86. The predicted octanol–water partition coefficient (Wildman–Crippen LogP) is 1.29. The van der Waals surface area contributed by atoms with Crippen molar-refractivity contribution >= 4 is 22.7 Å². The molecule has 4 nitrogen and oxygen atoms in total. The molecule has 1 aromatic rings. The number of aliphatic hydroxyl groups is 1. The average molecular weight is 300 g/mol. The molecule has 0 fully saturated rings. The van der Waals surface area contributed by atoms with Gasteiger partial charge in [-0.2, -0.15) is 0 Å². The largest absolute Gasteiger partial charge is 0.385 e. The summed E-state index contributed by atoms with van der Waals surface area (Å²) in [6.07, 6.45) is -4.71. The molecular formula is C13H14F2N2O2S. The fourth-order valence-corrected chi connectivity index (χ4v) is 2.71. The number of aliphatic hydroxyl groups excluding tert-OH is 1. The van der Waals surface area contributed by atoms with E-state index in [2.05, 4.69) is 10.3 Å². The maximum Gasteiger partial charge on any atom is 0.265 e. The van der Waals surface area contributed by atoms with Gasteiger partial charge in [-0.1, -0.05) is 30.3 Å². The number of thioether (sulfide) groups is 1. The summed E-state index contributed by atoms with van der Waals surface area (Å²) in [6.45, 7) is -0.464. The number of amides is 1. The van der Waals surface area contributed by atoms with Crippen molar-refractivity contribution < 1.29 is 18.7 Å². The van der Waals surface area contributed by atoms with Gasteiger partial charge in [0.2, 0.25) is 5.91 Å². The third kappa shape index (κ3) is 3.77.